The van der Waals surface area contributed by atoms with Gasteiger partial charge in [-0.15, -0.1) is 0 Å². The van der Waals surface area contributed by atoms with E-state index in [0.717, 1.165) is 29.3 Å². The molecule has 2 aromatic rings. The van der Waals surface area contributed by atoms with E-state index in [4.69, 9.17) is 0 Å². The molecule has 0 fully saturated rings. The number of nitrogens with one attached hydrogen (secondary N) is 1. The minimum atomic E-state index is -4.31. The van der Waals surface area contributed by atoms with Crippen LogP contribution in [0.2, 0.25) is 0 Å². The van der Waals surface area contributed by atoms with Gasteiger partial charge in [0.05, 0.1) is 11.6 Å². The van der Waals surface area contributed by atoms with Crippen LogP contribution in [-0.4, -0.2) is 4.98 Å². The summed E-state index contributed by atoms with van der Waals surface area (Å²) in [6, 6.07) is 7.93. The molecule has 0 saturated heterocycles. The maximum absolute atomic E-state index is 13.0. The zero-order valence-electron chi connectivity index (χ0n) is 12.2. The van der Waals surface area contributed by atoms with Gasteiger partial charge in [-0.05, 0) is 47.7 Å². The highest BCUT2D eigenvalue weighted by Crippen LogP contribution is 2.50. The third-order valence-corrected chi connectivity index (χ3v) is 4.73. The second kappa shape index (κ2) is 5.11. The number of allylic oxidation sites excluding steroid dienone is 2. The van der Waals surface area contributed by atoms with Crippen molar-refractivity contribution in [3.63, 3.8) is 0 Å². The van der Waals surface area contributed by atoms with Crippen molar-refractivity contribution < 1.29 is 13.2 Å². The molecule has 3 atom stereocenters. The van der Waals surface area contributed by atoms with Crippen molar-refractivity contribution in [3.05, 3.63) is 71.6 Å². The summed E-state index contributed by atoms with van der Waals surface area (Å²) in [5.41, 5.74) is 1.99. The molecule has 0 spiro atoms. The average molecular weight is 316 g/mol. The Morgan fingerprint density at radius 3 is 2.78 bits per heavy atom. The molecule has 0 radical (unpaired) electrons. The molecule has 1 aromatic carbocycles. The van der Waals surface area contributed by atoms with Crippen molar-refractivity contribution in [1.29, 1.82) is 0 Å². The third-order valence-electron chi connectivity index (χ3n) is 4.73. The van der Waals surface area contributed by atoms with Crippen molar-refractivity contribution >= 4 is 5.69 Å². The zero-order chi connectivity index (χ0) is 16.0. The molecule has 1 N–H and O–H groups in total. The quantitative estimate of drug-likeness (QED) is 0.755. The number of alkyl halides is 3. The molecule has 0 saturated carbocycles. The lowest BCUT2D eigenvalue weighted by atomic mass is 9.77. The number of benzene rings is 1. The van der Waals surface area contributed by atoms with Crippen molar-refractivity contribution in [2.45, 2.75) is 24.6 Å². The highest BCUT2D eigenvalue weighted by Gasteiger charge is 2.39. The first kappa shape index (κ1) is 14.3. The highest BCUT2D eigenvalue weighted by atomic mass is 19.4. The van der Waals surface area contributed by atoms with E-state index in [1.165, 1.54) is 6.07 Å². The minimum absolute atomic E-state index is 0.0127. The summed E-state index contributed by atoms with van der Waals surface area (Å²) in [6.07, 6.45) is 4.19. The zero-order valence-corrected chi connectivity index (χ0v) is 12.2. The number of hydrogen-bond acceptors (Lipinski definition) is 2. The molecule has 1 aliphatic carbocycles. The normalized spacial score (nSPS) is 25.6. The topological polar surface area (TPSA) is 24.9 Å². The number of hydrogen-bond donors (Lipinski definition) is 1. The van der Waals surface area contributed by atoms with Crippen LogP contribution in [-0.2, 0) is 6.18 Å². The van der Waals surface area contributed by atoms with Crippen LogP contribution in [0.1, 0.15) is 35.1 Å². The van der Waals surface area contributed by atoms with Gasteiger partial charge in [0, 0.05) is 24.0 Å². The Morgan fingerprint density at radius 1 is 1.17 bits per heavy atom. The van der Waals surface area contributed by atoms with E-state index in [0.29, 0.717) is 0 Å². The van der Waals surface area contributed by atoms with Crippen LogP contribution in [0, 0.1) is 5.92 Å². The first-order valence-electron chi connectivity index (χ1n) is 7.58. The monoisotopic (exact) mass is 316 g/mol. The Balaban J connectivity index is 1.78. The van der Waals surface area contributed by atoms with E-state index in [1.54, 1.807) is 12.3 Å². The Bertz CT molecular complexity index is 753. The molecule has 5 heteroatoms. The lowest BCUT2D eigenvalue weighted by Crippen LogP contribution is -2.29. The molecule has 23 heavy (non-hydrogen) atoms. The summed E-state index contributed by atoms with van der Waals surface area (Å²) in [4.78, 5) is 4.17. The lowest BCUT2D eigenvalue weighted by Gasteiger charge is -2.37. The molecule has 2 unspecified atom stereocenters. The summed E-state index contributed by atoms with van der Waals surface area (Å²) in [5, 5.41) is 3.42. The Hall–Kier alpha value is -2.30. The molecular formula is C18H15F3N2. The number of fused-ring (bicyclic) bond motifs is 3. The van der Waals surface area contributed by atoms with E-state index < -0.39 is 11.7 Å². The molecule has 2 heterocycles. The summed E-state index contributed by atoms with van der Waals surface area (Å²) in [7, 11) is 0. The van der Waals surface area contributed by atoms with Gasteiger partial charge in [-0.1, -0.05) is 18.2 Å². The van der Waals surface area contributed by atoms with Gasteiger partial charge in [0.25, 0.3) is 0 Å². The fraction of sp³-hybridized carbons (Fsp3) is 0.278. The standard InChI is InChI=1S/C18H15F3N2/c19-18(20,21)12-6-7-16-15(9-12)13-4-1-5-14(13)17(23-16)11-3-2-8-22-10-11/h1-4,6-10,13-14,17,23H,5H2/t13?,14?,17-/m1/s1. The third kappa shape index (κ3) is 2.40. The number of anilines is 1. The second-order valence-corrected chi connectivity index (χ2v) is 6.06. The first-order valence-corrected chi connectivity index (χ1v) is 7.58. The van der Waals surface area contributed by atoms with Crippen LogP contribution in [0.15, 0.2) is 54.9 Å². The molecule has 1 aromatic heterocycles. The van der Waals surface area contributed by atoms with Gasteiger partial charge in [0.1, 0.15) is 0 Å². The predicted molar refractivity (Wildman–Crippen MR) is 82.0 cm³/mol. The van der Waals surface area contributed by atoms with Crippen LogP contribution < -0.4 is 5.32 Å². The number of halogens is 3. The summed E-state index contributed by atoms with van der Waals surface area (Å²) in [5.74, 6) is 0.230. The maximum atomic E-state index is 13.0. The van der Waals surface area contributed by atoms with E-state index >= 15 is 0 Å². The van der Waals surface area contributed by atoms with Crippen molar-refractivity contribution in [2.75, 3.05) is 5.32 Å². The molecule has 0 bridgehead atoms. The summed E-state index contributed by atoms with van der Waals surface area (Å²) >= 11 is 0. The van der Waals surface area contributed by atoms with Crippen LogP contribution >= 0.6 is 0 Å². The summed E-state index contributed by atoms with van der Waals surface area (Å²) < 4.78 is 39.0. The van der Waals surface area contributed by atoms with E-state index in [-0.39, 0.29) is 17.9 Å². The molecule has 2 nitrogen and oxygen atoms in total. The summed E-state index contributed by atoms with van der Waals surface area (Å²) in [6.45, 7) is 0. The molecular weight excluding hydrogens is 301 g/mol. The minimum Gasteiger partial charge on any atom is -0.378 e. The van der Waals surface area contributed by atoms with Crippen LogP contribution in [0.5, 0.6) is 0 Å². The largest absolute Gasteiger partial charge is 0.416 e. The van der Waals surface area contributed by atoms with Gasteiger partial charge in [-0.25, -0.2) is 0 Å². The van der Waals surface area contributed by atoms with Crippen LogP contribution in [0.25, 0.3) is 0 Å². The fourth-order valence-corrected chi connectivity index (χ4v) is 3.66. The van der Waals surface area contributed by atoms with Gasteiger partial charge < -0.3 is 5.32 Å². The van der Waals surface area contributed by atoms with E-state index in [2.05, 4.69) is 16.4 Å². The first-order chi connectivity index (χ1) is 11.0. The average Bonchev–Trinajstić information content (AvgIpc) is 3.03. The van der Waals surface area contributed by atoms with Gasteiger partial charge in [0.2, 0.25) is 0 Å². The number of pyridine rings is 1. The van der Waals surface area contributed by atoms with E-state index in [9.17, 15) is 13.2 Å². The SMILES string of the molecule is FC(F)(F)c1ccc2c(c1)C1C=CCC1[C@@H](c1cccnc1)N2. The van der Waals surface area contributed by atoms with Crippen molar-refractivity contribution in [1.82, 2.24) is 4.98 Å². The molecule has 4 rings (SSSR count). The van der Waals surface area contributed by atoms with E-state index in [1.807, 2.05) is 24.4 Å². The predicted octanol–water partition coefficient (Wildman–Crippen LogP) is 4.93. The van der Waals surface area contributed by atoms with Crippen molar-refractivity contribution in [3.8, 4) is 0 Å². The molecule has 1 aliphatic heterocycles. The van der Waals surface area contributed by atoms with Gasteiger partial charge in [0.15, 0.2) is 0 Å². The van der Waals surface area contributed by atoms with Crippen LogP contribution in [0.4, 0.5) is 18.9 Å². The van der Waals surface area contributed by atoms with Gasteiger partial charge >= 0.3 is 6.18 Å². The molecule has 2 aliphatic rings. The Morgan fingerprint density at radius 2 is 2.04 bits per heavy atom. The number of aromatic nitrogens is 1. The smallest absolute Gasteiger partial charge is 0.378 e. The van der Waals surface area contributed by atoms with Gasteiger partial charge in [-0.3, -0.25) is 4.98 Å². The number of nitrogens with zero attached hydrogens (tertiary/aromatic N) is 1. The second-order valence-electron chi connectivity index (χ2n) is 6.06. The Kier molecular flexibility index (Phi) is 3.18. The highest BCUT2D eigenvalue weighted by molar-refractivity contribution is 5.60. The maximum Gasteiger partial charge on any atom is 0.416 e. The fourth-order valence-electron chi connectivity index (χ4n) is 3.66. The van der Waals surface area contributed by atoms with Gasteiger partial charge in [-0.2, -0.15) is 13.2 Å². The van der Waals surface area contributed by atoms with Crippen molar-refractivity contribution in [2.24, 2.45) is 5.92 Å². The number of rotatable bonds is 1. The lowest BCUT2D eigenvalue weighted by molar-refractivity contribution is -0.137. The molecule has 118 valence electrons. The molecule has 0 amide bonds. The van der Waals surface area contributed by atoms with Crippen LogP contribution in [0.3, 0.4) is 0 Å². The Labute approximate surface area is 132 Å².